The summed E-state index contributed by atoms with van der Waals surface area (Å²) in [5.74, 6) is 0.157. The zero-order valence-electron chi connectivity index (χ0n) is 14.8. The van der Waals surface area contributed by atoms with E-state index in [2.05, 4.69) is 5.32 Å². The molecule has 9 heteroatoms. The fourth-order valence-electron chi connectivity index (χ4n) is 2.65. The summed E-state index contributed by atoms with van der Waals surface area (Å²) < 4.78 is 10.9. The third kappa shape index (κ3) is 4.13. The van der Waals surface area contributed by atoms with Crippen LogP contribution in [0.2, 0.25) is 5.02 Å². The van der Waals surface area contributed by atoms with Gasteiger partial charge in [-0.05, 0) is 54.6 Å². The Kier molecular flexibility index (Phi) is 5.28. The average molecular weight is 429 g/mol. The highest BCUT2D eigenvalue weighted by Gasteiger charge is 2.37. The monoisotopic (exact) mass is 428 g/mol. The Morgan fingerprint density at radius 1 is 1.07 bits per heavy atom. The second-order valence-electron chi connectivity index (χ2n) is 5.96. The summed E-state index contributed by atoms with van der Waals surface area (Å²) in [4.78, 5) is 38.1. The minimum absolute atomic E-state index is 0.212. The molecule has 0 atom stereocenters. The van der Waals surface area contributed by atoms with E-state index < -0.39 is 17.8 Å². The number of thioether (sulfide) groups is 1. The van der Waals surface area contributed by atoms with Gasteiger partial charge in [-0.1, -0.05) is 23.4 Å². The molecule has 0 unspecified atom stereocenters. The maximum atomic E-state index is 12.8. The molecular formula is C20H13ClN2O5S. The predicted octanol–water partition coefficient (Wildman–Crippen LogP) is 4.48. The van der Waals surface area contributed by atoms with Crippen molar-refractivity contribution < 1.29 is 23.2 Å². The summed E-state index contributed by atoms with van der Waals surface area (Å²) in [5.41, 5.74) is 0.0842. The number of rotatable bonds is 5. The molecule has 0 saturated carbocycles. The van der Waals surface area contributed by atoms with Gasteiger partial charge >= 0.3 is 6.03 Å². The van der Waals surface area contributed by atoms with Crippen LogP contribution in [0.4, 0.5) is 10.5 Å². The van der Waals surface area contributed by atoms with Gasteiger partial charge in [0.05, 0.1) is 17.7 Å². The van der Waals surface area contributed by atoms with Gasteiger partial charge in [-0.3, -0.25) is 14.9 Å². The molecule has 4 amide bonds. The molecule has 1 saturated heterocycles. The van der Waals surface area contributed by atoms with Gasteiger partial charge in [0.15, 0.2) is 5.09 Å². The highest BCUT2D eigenvalue weighted by Crippen LogP contribution is 2.27. The first-order chi connectivity index (χ1) is 14.0. The van der Waals surface area contributed by atoms with Crippen LogP contribution in [0.5, 0.6) is 0 Å². The molecule has 4 rings (SSSR count). The fraction of sp³-hybridized carbons (Fsp3) is 0.0500. The zero-order valence-corrected chi connectivity index (χ0v) is 16.3. The highest BCUT2D eigenvalue weighted by molar-refractivity contribution is 7.98. The van der Waals surface area contributed by atoms with Crippen molar-refractivity contribution in [3.8, 4) is 0 Å². The number of nitrogens with one attached hydrogen (secondary N) is 1. The van der Waals surface area contributed by atoms with Gasteiger partial charge < -0.3 is 8.83 Å². The van der Waals surface area contributed by atoms with Crippen LogP contribution >= 0.6 is 23.4 Å². The number of imide groups is 2. The third-order valence-corrected chi connectivity index (χ3v) is 5.20. The van der Waals surface area contributed by atoms with Crippen LogP contribution in [0.1, 0.15) is 11.5 Å². The molecule has 0 aliphatic carbocycles. The van der Waals surface area contributed by atoms with Gasteiger partial charge in [-0.15, -0.1) is 0 Å². The number of anilines is 1. The van der Waals surface area contributed by atoms with Gasteiger partial charge in [0.1, 0.15) is 17.1 Å². The number of benzene rings is 1. The van der Waals surface area contributed by atoms with Gasteiger partial charge in [0.25, 0.3) is 11.8 Å². The van der Waals surface area contributed by atoms with E-state index in [1.54, 1.807) is 36.6 Å². The second kappa shape index (κ2) is 8.02. The van der Waals surface area contributed by atoms with Crippen molar-refractivity contribution in [2.45, 2.75) is 10.8 Å². The molecule has 1 aliphatic rings. The first kappa shape index (κ1) is 19.1. The third-order valence-electron chi connectivity index (χ3n) is 4.01. The van der Waals surface area contributed by atoms with Crippen molar-refractivity contribution >= 4 is 53.0 Å². The molecule has 1 aliphatic heterocycles. The lowest BCUT2D eigenvalue weighted by Gasteiger charge is -2.26. The van der Waals surface area contributed by atoms with E-state index in [-0.39, 0.29) is 5.57 Å². The van der Waals surface area contributed by atoms with E-state index in [0.29, 0.717) is 27.3 Å². The maximum absolute atomic E-state index is 12.8. The smallest absolute Gasteiger partial charge is 0.335 e. The van der Waals surface area contributed by atoms with Gasteiger partial charge in [0, 0.05) is 5.02 Å². The Balaban J connectivity index is 1.55. The Morgan fingerprint density at radius 3 is 2.59 bits per heavy atom. The first-order valence-corrected chi connectivity index (χ1v) is 9.79. The number of barbiturate groups is 1. The predicted molar refractivity (Wildman–Crippen MR) is 107 cm³/mol. The molecule has 1 N–H and O–H groups in total. The number of halogens is 1. The quantitative estimate of drug-likeness (QED) is 0.366. The molecular weight excluding hydrogens is 416 g/mol. The van der Waals surface area contributed by atoms with Gasteiger partial charge in [-0.2, -0.15) is 0 Å². The van der Waals surface area contributed by atoms with E-state index in [9.17, 15) is 14.4 Å². The minimum atomic E-state index is -0.825. The Bertz CT molecular complexity index is 1100. The standard InChI is InChI=1S/C20H13ClN2O5S/c21-12-3-5-13(6-4-12)23-19(25)16(18(24)22-20(23)26)10-14-7-8-17(28-14)29-11-15-2-1-9-27-15/h1-10H,11H2,(H,22,24,26)/b16-10-. The molecule has 29 heavy (non-hydrogen) atoms. The lowest BCUT2D eigenvalue weighted by atomic mass is 10.1. The number of nitrogens with zero attached hydrogens (tertiary/aromatic N) is 1. The zero-order chi connectivity index (χ0) is 20.4. The van der Waals surface area contributed by atoms with Crippen molar-refractivity contribution in [2.24, 2.45) is 0 Å². The number of furan rings is 2. The van der Waals surface area contributed by atoms with Crippen LogP contribution in [0.3, 0.4) is 0 Å². The number of urea groups is 1. The van der Waals surface area contributed by atoms with E-state index in [0.717, 1.165) is 10.7 Å². The fourth-order valence-corrected chi connectivity index (χ4v) is 3.55. The summed E-state index contributed by atoms with van der Waals surface area (Å²) in [5, 5.41) is 3.22. The van der Waals surface area contributed by atoms with Crippen molar-refractivity contribution in [3.63, 3.8) is 0 Å². The van der Waals surface area contributed by atoms with Crippen molar-refractivity contribution in [1.82, 2.24) is 5.32 Å². The van der Waals surface area contributed by atoms with Crippen molar-refractivity contribution in [3.05, 3.63) is 76.9 Å². The van der Waals surface area contributed by atoms with Crippen LogP contribution in [-0.2, 0) is 15.3 Å². The minimum Gasteiger partial charge on any atom is -0.468 e. The Hall–Kier alpha value is -3.23. The highest BCUT2D eigenvalue weighted by atomic mass is 35.5. The summed E-state index contributed by atoms with van der Waals surface area (Å²) >= 11 is 7.26. The Labute approximate surface area is 174 Å². The number of amides is 4. The lowest BCUT2D eigenvalue weighted by molar-refractivity contribution is -0.122. The summed E-state index contributed by atoms with van der Waals surface area (Å²) in [6.45, 7) is 0. The molecule has 0 bridgehead atoms. The van der Waals surface area contributed by atoms with Crippen molar-refractivity contribution in [1.29, 1.82) is 0 Å². The van der Waals surface area contributed by atoms with E-state index >= 15 is 0 Å². The Morgan fingerprint density at radius 2 is 1.86 bits per heavy atom. The summed E-state index contributed by atoms with van der Waals surface area (Å²) in [7, 11) is 0. The van der Waals surface area contributed by atoms with E-state index in [1.807, 2.05) is 6.07 Å². The van der Waals surface area contributed by atoms with Crippen molar-refractivity contribution in [2.75, 3.05) is 4.90 Å². The van der Waals surface area contributed by atoms with Crippen LogP contribution < -0.4 is 10.2 Å². The van der Waals surface area contributed by atoms with Gasteiger partial charge in [-0.25, -0.2) is 9.69 Å². The SMILES string of the molecule is O=C1NC(=O)N(c2ccc(Cl)cc2)C(=O)/C1=C\c1ccc(SCc2ccco2)o1. The number of hydrogen-bond acceptors (Lipinski definition) is 6. The molecule has 0 radical (unpaired) electrons. The number of hydrogen-bond donors (Lipinski definition) is 1. The molecule has 2 aromatic heterocycles. The molecule has 146 valence electrons. The second-order valence-corrected chi connectivity index (χ2v) is 7.38. The van der Waals surface area contributed by atoms with Gasteiger partial charge in [0.2, 0.25) is 0 Å². The number of carbonyl (C=O) groups is 3. The summed E-state index contributed by atoms with van der Waals surface area (Å²) in [6.07, 6.45) is 2.90. The average Bonchev–Trinajstić information content (AvgIpc) is 3.36. The molecule has 1 fully saturated rings. The van der Waals surface area contributed by atoms with Crippen LogP contribution in [-0.4, -0.2) is 17.8 Å². The first-order valence-electron chi connectivity index (χ1n) is 8.43. The molecule has 1 aromatic carbocycles. The van der Waals surface area contributed by atoms with E-state index in [4.69, 9.17) is 20.4 Å². The largest absolute Gasteiger partial charge is 0.468 e. The lowest BCUT2D eigenvalue weighted by Crippen LogP contribution is -2.54. The summed E-state index contributed by atoms with van der Waals surface area (Å²) in [6, 6.07) is 12.3. The molecule has 3 aromatic rings. The molecule has 7 nitrogen and oxygen atoms in total. The normalized spacial score (nSPS) is 15.8. The maximum Gasteiger partial charge on any atom is 0.335 e. The number of carbonyl (C=O) groups excluding carboxylic acids is 3. The molecule has 3 heterocycles. The topological polar surface area (TPSA) is 92.8 Å². The van der Waals surface area contributed by atoms with Crippen LogP contribution in [0.15, 0.2) is 74.3 Å². The molecule has 0 spiro atoms. The van der Waals surface area contributed by atoms with Crippen LogP contribution in [0.25, 0.3) is 6.08 Å². The van der Waals surface area contributed by atoms with E-state index in [1.165, 1.54) is 30.0 Å². The van der Waals surface area contributed by atoms with Crippen LogP contribution in [0, 0.1) is 0 Å².